The fourth-order valence-electron chi connectivity index (χ4n) is 4.40. The van der Waals surface area contributed by atoms with Crippen molar-refractivity contribution in [3.8, 4) is 0 Å². The molecule has 0 saturated heterocycles. The number of nitrogens with one attached hydrogen (secondary N) is 1. The molecular weight excluding hydrogens is 430 g/mol. The molecular formula is C28H57NO5. The van der Waals surface area contributed by atoms with Gasteiger partial charge in [0.15, 0.2) is 0 Å². The fraction of sp³-hybridized carbons (Fsp3) is 0.964. The maximum Gasteiger partial charge on any atom is 0.249 e. The molecule has 6 nitrogen and oxygen atoms in total. The van der Waals surface area contributed by atoms with Gasteiger partial charge in [0, 0.05) is 0 Å². The van der Waals surface area contributed by atoms with Crippen molar-refractivity contribution in [3.05, 3.63) is 0 Å². The van der Waals surface area contributed by atoms with Crippen molar-refractivity contribution in [2.75, 3.05) is 6.61 Å². The van der Waals surface area contributed by atoms with Crippen molar-refractivity contribution < 1.29 is 25.2 Å². The first-order chi connectivity index (χ1) is 16.5. The number of rotatable bonds is 25. The van der Waals surface area contributed by atoms with Gasteiger partial charge < -0.3 is 25.7 Å². The van der Waals surface area contributed by atoms with Crippen LogP contribution in [0.3, 0.4) is 0 Å². The van der Waals surface area contributed by atoms with Crippen LogP contribution in [-0.2, 0) is 4.79 Å². The molecule has 1 amide bonds. The zero-order valence-electron chi connectivity index (χ0n) is 22.4. The van der Waals surface area contributed by atoms with Gasteiger partial charge in [0.2, 0.25) is 5.91 Å². The lowest BCUT2D eigenvalue weighted by Gasteiger charge is -2.27. The summed E-state index contributed by atoms with van der Waals surface area (Å²) in [5, 5.41) is 42.8. The van der Waals surface area contributed by atoms with Gasteiger partial charge >= 0.3 is 0 Å². The fourth-order valence-corrected chi connectivity index (χ4v) is 4.40. The molecule has 0 aromatic carbocycles. The Kier molecular flexibility index (Phi) is 23.5. The van der Waals surface area contributed by atoms with Gasteiger partial charge in [-0.3, -0.25) is 4.79 Å². The number of hydrogen-bond donors (Lipinski definition) is 5. The minimum absolute atomic E-state index is 0.369. The molecule has 6 heteroatoms. The average Bonchev–Trinajstić information content (AvgIpc) is 2.84. The lowest BCUT2D eigenvalue weighted by Crippen LogP contribution is -2.53. The maximum atomic E-state index is 12.2. The van der Waals surface area contributed by atoms with E-state index < -0.39 is 36.9 Å². The highest BCUT2D eigenvalue weighted by Gasteiger charge is 2.28. The molecule has 0 rings (SSSR count). The monoisotopic (exact) mass is 487 g/mol. The average molecular weight is 488 g/mol. The second-order valence-corrected chi connectivity index (χ2v) is 10.1. The van der Waals surface area contributed by atoms with Crippen molar-refractivity contribution >= 4 is 5.91 Å². The SMILES string of the molecule is CCCCCCCCCCCCCCC(O)C(O)C(CO)NC(=O)C(O)CCCCCCCC. The zero-order chi connectivity index (χ0) is 25.4. The quantitative estimate of drug-likeness (QED) is 0.111. The van der Waals surface area contributed by atoms with Crippen LogP contribution in [0, 0.1) is 0 Å². The normalized spacial score (nSPS) is 15.1. The maximum absolute atomic E-state index is 12.2. The van der Waals surface area contributed by atoms with Crippen molar-refractivity contribution in [2.45, 2.75) is 167 Å². The van der Waals surface area contributed by atoms with Gasteiger partial charge in [-0.1, -0.05) is 129 Å². The highest BCUT2D eigenvalue weighted by molar-refractivity contribution is 5.80. The Morgan fingerprint density at radius 1 is 0.618 bits per heavy atom. The van der Waals surface area contributed by atoms with E-state index in [1.807, 2.05) is 0 Å². The Balaban J connectivity index is 3.90. The standard InChI is InChI=1S/C28H57NO5/c1-3-5-7-9-11-12-13-14-15-16-18-19-21-25(31)27(33)24(23-30)29-28(34)26(32)22-20-17-10-8-6-4-2/h24-27,30-33H,3-23H2,1-2H3,(H,29,34). The third-order valence-corrected chi connectivity index (χ3v) is 6.82. The van der Waals surface area contributed by atoms with E-state index in [-0.39, 0.29) is 0 Å². The van der Waals surface area contributed by atoms with Gasteiger partial charge in [0.05, 0.1) is 18.8 Å². The molecule has 4 atom stereocenters. The van der Waals surface area contributed by atoms with Crippen LogP contribution in [0.5, 0.6) is 0 Å². The van der Waals surface area contributed by atoms with Crippen LogP contribution in [0.25, 0.3) is 0 Å². The van der Waals surface area contributed by atoms with Crippen LogP contribution in [0.2, 0.25) is 0 Å². The molecule has 0 heterocycles. The molecule has 0 aliphatic heterocycles. The molecule has 204 valence electrons. The smallest absolute Gasteiger partial charge is 0.249 e. The van der Waals surface area contributed by atoms with Crippen LogP contribution in [0.4, 0.5) is 0 Å². The number of hydrogen-bond acceptors (Lipinski definition) is 5. The Bertz CT molecular complexity index is 449. The molecule has 34 heavy (non-hydrogen) atoms. The summed E-state index contributed by atoms with van der Waals surface area (Å²) < 4.78 is 0. The second kappa shape index (κ2) is 24.0. The topological polar surface area (TPSA) is 110 Å². The minimum Gasteiger partial charge on any atom is -0.394 e. The van der Waals surface area contributed by atoms with E-state index in [4.69, 9.17) is 0 Å². The number of aliphatic hydroxyl groups excluding tert-OH is 4. The van der Waals surface area contributed by atoms with Crippen molar-refractivity contribution in [1.29, 1.82) is 0 Å². The first-order valence-electron chi connectivity index (χ1n) is 14.4. The third kappa shape index (κ3) is 18.6. The van der Waals surface area contributed by atoms with Gasteiger partial charge in [0.1, 0.15) is 12.2 Å². The predicted molar refractivity (Wildman–Crippen MR) is 141 cm³/mol. The molecule has 4 unspecified atom stereocenters. The number of carbonyl (C=O) groups is 1. The molecule has 0 bridgehead atoms. The Labute approximate surface area is 209 Å². The highest BCUT2D eigenvalue weighted by Crippen LogP contribution is 2.15. The Morgan fingerprint density at radius 2 is 1.00 bits per heavy atom. The van der Waals surface area contributed by atoms with Gasteiger partial charge in [-0.2, -0.15) is 0 Å². The molecule has 0 aliphatic rings. The summed E-state index contributed by atoms with van der Waals surface area (Å²) in [7, 11) is 0. The van der Waals surface area contributed by atoms with Crippen molar-refractivity contribution in [1.82, 2.24) is 5.32 Å². The number of amides is 1. The first-order valence-corrected chi connectivity index (χ1v) is 14.4. The summed E-state index contributed by atoms with van der Waals surface area (Å²) >= 11 is 0. The van der Waals surface area contributed by atoms with E-state index in [0.717, 1.165) is 38.5 Å². The molecule has 0 aromatic rings. The van der Waals surface area contributed by atoms with Crippen LogP contribution in [0.1, 0.15) is 142 Å². The summed E-state index contributed by atoms with van der Waals surface area (Å²) in [5.74, 6) is -0.593. The Morgan fingerprint density at radius 3 is 1.41 bits per heavy atom. The lowest BCUT2D eigenvalue weighted by atomic mass is 9.99. The second-order valence-electron chi connectivity index (χ2n) is 10.1. The van der Waals surface area contributed by atoms with Gasteiger partial charge in [-0.05, 0) is 12.8 Å². The molecule has 0 aromatic heterocycles. The van der Waals surface area contributed by atoms with E-state index in [9.17, 15) is 25.2 Å². The van der Waals surface area contributed by atoms with Crippen LogP contribution in [-0.4, -0.2) is 57.3 Å². The molecule has 0 radical (unpaired) electrons. The molecule has 0 aliphatic carbocycles. The first kappa shape index (κ1) is 33.3. The van der Waals surface area contributed by atoms with Crippen molar-refractivity contribution in [3.63, 3.8) is 0 Å². The van der Waals surface area contributed by atoms with Gasteiger partial charge in [0.25, 0.3) is 0 Å². The van der Waals surface area contributed by atoms with Crippen LogP contribution in [0.15, 0.2) is 0 Å². The number of carbonyl (C=O) groups excluding carboxylic acids is 1. The van der Waals surface area contributed by atoms with E-state index >= 15 is 0 Å². The number of unbranched alkanes of at least 4 members (excludes halogenated alkanes) is 16. The van der Waals surface area contributed by atoms with E-state index in [2.05, 4.69) is 19.2 Å². The Hall–Kier alpha value is -0.690. The summed E-state index contributed by atoms with van der Waals surface area (Å²) in [6.45, 7) is 3.92. The van der Waals surface area contributed by atoms with Gasteiger partial charge in [-0.25, -0.2) is 0 Å². The van der Waals surface area contributed by atoms with Crippen LogP contribution < -0.4 is 5.32 Å². The molecule has 0 saturated carbocycles. The van der Waals surface area contributed by atoms with E-state index in [1.165, 1.54) is 77.0 Å². The van der Waals surface area contributed by atoms with E-state index in [0.29, 0.717) is 12.8 Å². The van der Waals surface area contributed by atoms with Crippen LogP contribution >= 0.6 is 0 Å². The molecule has 0 fully saturated rings. The van der Waals surface area contributed by atoms with Gasteiger partial charge in [-0.15, -0.1) is 0 Å². The largest absolute Gasteiger partial charge is 0.394 e. The summed E-state index contributed by atoms with van der Waals surface area (Å²) in [5.41, 5.74) is 0. The summed E-state index contributed by atoms with van der Waals surface area (Å²) in [6, 6.07) is -0.973. The minimum atomic E-state index is -1.25. The lowest BCUT2D eigenvalue weighted by molar-refractivity contribution is -0.132. The number of aliphatic hydroxyl groups is 4. The third-order valence-electron chi connectivity index (χ3n) is 6.82. The zero-order valence-corrected chi connectivity index (χ0v) is 22.4. The molecule has 0 spiro atoms. The summed E-state index contributed by atoms with van der Waals surface area (Å²) in [6.07, 6.45) is 18.6. The molecule has 5 N–H and O–H groups in total. The van der Waals surface area contributed by atoms with E-state index in [1.54, 1.807) is 0 Å². The predicted octanol–water partition coefficient (Wildman–Crippen LogP) is 5.39. The van der Waals surface area contributed by atoms with Crippen molar-refractivity contribution in [2.24, 2.45) is 0 Å². The summed E-state index contributed by atoms with van der Waals surface area (Å²) in [4.78, 5) is 12.2. The highest BCUT2D eigenvalue weighted by atomic mass is 16.3.